The molecular formula is C53H39N. The predicted octanol–water partition coefficient (Wildman–Crippen LogP) is 14.8. The van der Waals surface area contributed by atoms with Gasteiger partial charge in [-0.05, 0) is 109 Å². The lowest BCUT2D eigenvalue weighted by Gasteiger charge is -2.31. The van der Waals surface area contributed by atoms with Crippen molar-refractivity contribution in [2.75, 3.05) is 4.90 Å². The summed E-state index contributed by atoms with van der Waals surface area (Å²) in [6.07, 6.45) is 0. The van der Waals surface area contributed by atoms with Crippen molar-refractivity contribution in [1.29, 1.82) is 0 Å². The highest BCUT2D eigenvalue weighted by Crippen LogP contribution is 2.55. The number of benzene rings is 9. The van der Waals surface area contributed by atoms with E-state index >= 15 is 0 Å². The molecule has 0 aliphatic heterocycles. The molecule has 1 heteroatoms. The van der Waals surface area contributed by atoms with Crippen molar-refractivity contribution in [2.24, 2.45) is 0 Å². The van der Waals surface area contributed by atoms with Crippen LogP contribution in [0.25, 0.3) is 66.1 Å². The molecule has 9 aromatic carbocycles. The molecule has 0 unspecified atom stereocenters. The third-order valence-corrected chi connectivity index (χ3v) is 11.4. The third kappa shape index (κ3) is 5.16. The van der Waals surface area contributed by atoms with Crippen LogP contribution in [0, 0.1) is 0 Å². The van der Waals surface area contributed by atoms with Crippen LogP contribution in [0.5, 0.6) is 0 Å². The topological polar surface area (TPSA) is 3.24 Å². The standard InChI is InChI=1S/C53H39N/c1-53(2)48-29-16-28-45(52(48)47-34-38-20-9-10-21-39(38)35-49(47)53)46-33-40(36-17-5-3-6-18-36)31-32-51(46)54(41-23-7-4-8-24-41)50-30-14-13-26-44(50)43-27-15-22-37-19-11-12-25-42(37)43/h3-35H,1-2H3. The van der Waals surface area contributed by atoms with Gasteiger partial charge in [-0.1, -0.05) is 172 Å². The van der Waals surface area contributed by atoms with Crippen LogP contribution in [0.15, 0.2) is 200 Å². The molecule has 0 atom stereocenters. The average molecular weight is 690 g/mol. The number of fused-ring (bicyclic) bond motifs is 5. The largest absolute Gasteiger partial charge is 0.309 e. The molecular weight excluding hydrogens is 651 g/mol. The number of para-hydroxylation sites is 2. The highest BCUT2D eigenvalue weighted by Gasteiger charge is 2.38. The van der Waals surface area contributed by atoms with E-state index < -0.39 is 0 Å². The van der Waals surface area contributed by atoms with Crippen LogP contribution < -0.4 is 4.90 Å². The Balaban J connectivity index is 1.28. The van der Waals surface area contributed by atoms with Crippen molar-refractivity contribution in [3.8, 4) is 44.5 Å². The highest BCUT2D eigenvalue weighted by atomic mass is 15.1. The SMILES string of the molecule is CC1(C)c2cc3ccccc3cc2-c2c(-c3cc(-c4ccccc4)ccc3N(c3ccccc3)c3ccccc3-c3cccc4ccccc34)cccc21. The van der Waals surface area contributed by atoms with E-state index in [1.807, 2.05) is 0 Å². The summed E-state index contributed by atoms with van der Waals surface area (Å²) in [6.45, 7) is 4.77. The maximum Gasteiger partial charge on any atom is 0.0540 e. The van der Waals surface area contributed by atoms with Crippen LogP contribution in [0.2, 0.25) is 0 Å². The van der Waals surface area contributed by atoms with Gasteiger partial charge in [0.2, 0.25) is 0 Å². The molecule has 9 aromatic rings. The first-order valence-electron chi connectivity index (χ1n) is 18.9. The van der Waals surface area contributed by atoms with Gasteiger partial charge in [0.25, 0.3) is 0 Å². The Kier molecular flexibility index (Phi) is 7.56. The van der Waals surface area contributed by atoms with Gasteiger partial charge in [-0.15, -0.1) is 0 Å². The molecule has 0 heterocycles. The van der Waals surface area contributed by atoms with Gasteiger partial charge in [0, 0.05) is 22.2 Å². The maximum absolute atomic E-state index is 2.47. The zero-order valence-electron chi connectivity index (χ0n) is 30.5. The van der Waals surface area contributed by atoms with E-state index in [0.717, 1.165) is 17.1 Å². The van der Waals surface area contributed by atoms with E-state index in [1.165, 1.54) is 77.2 Å². The van der Waals surface area contributed by atoms with Crippen molar-refractivity contribution in [1.82, 2.24) is 0 Å². The smallest absolute Gasteiger partial charge is 0.0540 e. The van der Waals surface area contributed by atoms with Crippen LogP contribution in [0.4, 0.5) is 17.1 Å². The molecule has 1 aliphatic carbocycles. The number of hydrogen-bond donors (Lipinski definition) is 0. The zero-order chi connectivity index (χ0) is 36.2. The lowest BCUT2D eigenvalue weighted by atomic mass is 9.81. The van der Waals surface area contributed by atoms with Gasteiger partial charge in [0.1, 0.15) is 0 Å². The highest BCUT2D eigenvalue weighted by molar-refractivity contribution is 6.05. The monoisotopic (exact) mass is 689 g/mol. The van der Waals surface area contributed by atoms with Crippen molar-refractivity contribution < 1.29 is 0 Å². The van der Waals surface area contributed by atoms with E-state index in [-0.39, 0.29) is 5.41 Å². The van der Waals surface area contributed by atoms with Crippen molar-refractivity contribution >= 4 is 38.6 Å². The average Bonchev–Trinajstić information content (AvgIpc) is 3.46. The van der Waals surface area contributed by atoms with Crippen LogP contribution in [0.1, 0.15) is 25.0 Å². The Hall–Kier alpha value is -6.70. The summed E-state index contributed by atoms with van der Waals surface area (Å²) >= 11 is 0. The van der Waals surface area contributed by atoms with Gasteiger partial charge in [-0.25, -0.2) is 0 Å². The Morgan fingerprint density at radius 2 is 0.944 bits per heavy atom. The number of rotatable bonds is 6. The van der Waals surface area contributed by atoms with Crippen LogP contribution >= 0.6 is 0 Å². The molecule has 1 aliphatic rings. The second kappa shape index (κ2) is 12.8. The molecule has 256 valence electrons. The van der Waals surface area contributed by atoms with Crippen LogP contribution in [0.3, 0.4) is 0 Å². The Labute approximate surface area is 317 Å². The second-order valence-electron chi connectivity index (χ2n) is 14.9. The minimum atomic E-state index is -0.151. The first-order valence-corrected chi connectivity index (χ1v) is 18.9. The van der Waals surface area contributed by atoms with Gasteiger partial charge >= 0.3 is 0 Å². The Morgan fingerprint density at radius 3 is 1.76 bits per heavy atom. The van der Waals surface area contributed by atoms with Gasteiger partial charge in [0.05, 0.1) is 11.4 Å². The molecule has 0 radical (unpaired) electrons. The summed E-state index contributed by atoms with van der Waals surface area (Å²) in [6, 6.07) is 73.5. The van der Waals surface area contributed by atoms with E-state index in [9.17, 15) is 0 Å². The minimum absolute atomic E-state index is 0.151. The zero-order valence-corrected chi connectivity index (χ0v) is 30.5. The lowest BCUT2D eigenvalue weighted by molar-refractivity contribution is 0.661. The summed E-state index contributed by atoms with van der Waals surface area (Å²) in [7, 11) is 0. The van der Waals surface area contributed by atoms with Crippen molar-refractivity contribution in [2.45, 2.75) is 19.3 Å². The Morgan fingerprint density at radius 1 is 0.352 bits per heavy atom. The van der Waals surface area contributed by atoms with E-state index in [2.05, 4.69) is 219 Å². The second-order valence-corrected chi connectivity index (χ2v) is 14.9. The molecule has 54 heavy (non-hydrogen) atoms. The molecule has 0 bridgehead atoms. The molecule has 0 fully saturated rings. The van der Waals surface area contributed by atoms with Gasteiger partial charge < -0.3 is 4.90 Å². The Bertz CT molecular complexity index is 2840. The molecule has 0 saturated heterocycles. The van der Waals surface area contributed by atoms with Crippen LogP contribution in [-0.4, -0.2) is 0 Å². The fourth-order valence-corrected chi connectivity index (χ4v) is 8.80. The summed E-state index contributed by atoms with van der Waals surface area (Å²) < 4.78 is 0. The normalized spacial score (nSPS) is 12.8. The number of nitrogens with zero attached hydrogens (tertiary/aromatic N) is 1. The molecule has 0 N–H and O–H groups in total. The molecule has 0 aromatic heterocycles. The maximum atomic E-state index is 2.47. The lowest BCUT2D eigenvalue weighted by Crippen LogP contribution is -2.15. The fraction of sp³-hybridized carbons (Fsp3) is 0.0566. The van der Waals surface area contributed by atoms with Crippen molar-refractivity contribution in [3.05, 3.63) is 211 Å². The van der Waals surface area contributed by atoms with Crippen molar-refractivity contribution in [3.63, 3.8) is 0 Å². The van der Waals surface area contributed by atoms with Crippen LogP contribution in [-0.2, 0) is 5.41 Å². The fourth-order valence-electron chi connectivity index (χ4n) is 8.80. The van der Waals surface area contributed by atoms with E-state index in [4.69, 9.17) is 0 Å². The summed E-state index contributed by atoms with van der Waals surface area (Å²) in [5.41, 5.74) is 15.9. The molecule has 1 nitrogen and oxygen atoms in total. The predicted molar refractivity (Wildman–Crippen MR) is 230 cm³/mol. The van der Waals surface area contributed by atoms with E-state index in [0.29, 0.717) is 0 Å². The molecule has 0 amide bonds. The summed E-state index contributed by atoms with van der Waals surface area (Å²) in [5.74, 6) is 0. The third-order valence-electron chi connectivity index (χ3n) is 11.4. The van der Waals surface area contributed by atoms with Gasteiger partial charge in [-0.3, -0.25) is 0 Å². The van der Waals surface area contributed by atoms with E-state index in [1.54, 1.807) is 0 Å². The summed E-state index contributed by atoms with van der Waals surface area (Å²) in [4.78, 5) is 2.47. The molecule has 10 rings (SSSR count). The van der Waals surface area contributed by atoms with Gasteiger partial charge in [0.15, 0.2) is 0 Å². The number of anilines is 3. The quantitative estimate of drug-likeness (QED) is 0.168. The summed E-state index contributed by atoms with van der Waals surface area (Å²) in [5, 5.41) is 5.03. The minimum Gasteiger partial charge on any atom is -0.309 e. The first-order chi connectivity index (χ1) is 26.6. The number of hydrogen-bond acceptors (Lipinski definition) is 1. The first kappa shape index (κ1) is 32.0. The van der Waals surface area contributed by atoms with Gasteiger partial charge in [-0.2, -0.15) is 0 Å². The molecule has 0 spiro atoms. The molecule has 0 saturated carbocycles.